The van der Waals surface area contributed by atoms with Gasteiger partial charge in [-0.05, 0) is 37.0 Å². The first-order chi connectivity index (χ1) is 16.9. The molecule has 10 nitrogen and oxygen atoms in total. The van der Waals surface area contributed by atoms with Crippen LogP contribution in [-0.2, 0) is 30.8 Å². The molecule has 3 heterocycles. The number of hydrogen-bond donors (Lipinski definition) is 0. The first-order valence-corrected chi connectivity index (χ1v) is 13.4. The smallest absolute Gasteiger partial charge is 0.248 e. The maximum Gasteiger partial charge on any atom is 0.248 e. The van der Waals surface area contributed by atoms with Gasteiger partial charge in [-0.15, -0.1) is 0 Å². The number of imide groups is 1. The van der Waals surface area contributed by atoms with E-state index >= 15 is 0 Å². The lowest BCUT2D eigenvalue weighted by Gasteiger charge is -2.35. The summed E-state index contributed by atoms with van der Waals surface area (Å²) in [5.74, 6) is -1.45. The molecule has 12 heteroatoms. The number of hydrogen-bond acceptors (Lipinski definition) is 8. The maximum atomic E-state index is 13.5. The second-order valence-corrected chi connectivity index (χ2v) is 10.9. The monoisotopic (exact) mass is 513 g/mol. The van der Waals surface area contributed by atoms with E-state index in [1.54, 1.807) is 12.1 Å². The van der Waals surface area contributed by atoms with Crippen molar-refractivity contribution in [2.45, 2.75) is 30.2 Å². The molecule has 0 unspecified atom stereocenters. The fourth-order valence-corrected chi connectivity index (χ4v) is 6.99. The summed E-state index contributed by atoms with van der Waals surface area (Å²) in [4.78, 5) is 41.2. The molecule has 3 aromatic rings. The van der Waals surface area contributed by atoms with Crippen LogP contribution in [0.5, 0.6) is 0 Å². The van der Waals surface area contributed by atoms with Crippen LogP contribution in [0, 0.1) is 0 Å². The summed E-state index contributed by atoms with van der Waals surface area (Å²) < 4.78 is 36.4. The zero-order chi connectivity index (χ0) is 24.6. The van der Waals surface area contributed by atoms with E-state index in [4.69, 9.17) is 0 Å². The fraction of sp³-hybridized carbons (Fsp3) is 0.348. The zero-order valence-corrected chi connectivity index (χ0v) is 20.4. The van der Waals surface area contributed by atoms with E-state index in [-0.39, 0.29) is 36.6 Å². The third-order valence-electron chi connectivity index (χ3n) is 6.36. The molecule has 5 rings (SSSR count). The molecule has 0 saturated carbocycles. The number of rotatable bonds is 6. The minimum atomic E-state index is -4.04. The third-order valence-corrected chi connectivity index (χ3v) is 8.84. The van der Waals surface area contributed by atoms with Gasteiger partial charge in [-0.25, -0.2) is 8.42 Å². The molecule has 35 heavy (non-hydrogen) atoms. The lowest BCUT2D eigenvalue weighted by atomic mass is 10.1. The Morgan fingerprint density at radius 3 is 2.49 bits per heavy atom. The van der Waals surface area contributed by atoms with Crippen molar-refractivity contribution in [3.8, 4) is 0 Å². The molecule has 2 aliphatic heterocycles. The van der Waals surface area contributed by atoms with Crippen LogP contribution >= 0.6 is 11.7 Å². The number of aromatic nitrogens is 2. The second kappa shape index (κ2) is 9.44. The number of nitrogens with zero attached hydrogens (tertiary/aromatic N) is 5. The lowest BCUT2D eigenvalue weighted by Crippen LogP contribution is -2.59. The molecule has 2 aliphatic rings. The van der Waals surface area contributed by atoms with E-state index in [1.165, 1.54) is 20.2 Å². The standard InChI is InChI=1S/C23H23N5O5S2/c29-20-14-26(15-21(30)27(20)13-11-16-6-2-1-3-7-16)23(31)18-9-5-12-28(18)35(32,33)19-10-4-8-17-22(19)25-34-24-17/h1-4,6-8,10,18H,5,9,11-15H2/t18-/m0/s1. The summed E-state index contributed by atoms with van der Waals surface area (Å²) in [6.45, 7) is -0.102. The van der Waals surface area contributed by atoms with E-state index < -0.39 is 33.8 Å². The largest absolute Gasteiger partial charge is 0.323 e. The fourth-order valence-electron chi connectivity index (χ4n) is 4.58. The van der Waals surface area contributed by atoms with Crippen molar-refractivity contribution in [3.05, 3.63) is 54.1 Å². The van der Waals surface area contributed by atoms with Gasteiger partial charge in [0.05, 0.1) is 11.7 Å². The van der Waals surface area contributed by atoms with E-state index in [1.807, 2.05) is 30.3 Å². The van der Waals surface area contributed by atoms with Crippen molar-refractivity contribution in [1.82, 2.24) is 22.9 Å². The van der Waals surface area contributed by atoms with E-state index in [9.17, 15) is 22.8 Å². The van der Waals surface area contributed by atoms with Crippen LogP contribution in [0.15, 0.2) is 53.4 Å². The predicted octanol–water partition coefficient (Wildman–Crippen LogP) is 1.28. The Kier molecular flexibility index (Phi) is 6.34. The first-order valence-electron chi connectivity index (χ1n) is 11.3. The Hall–Kier alpha value is -3.22. The minimum absolute atomic E-state index is 0.00124. The number of amides is 3. The number of carbonyl (C=O) groups excluding carboxylic acids is 3. The highest BCUT2D eigenvalue weighted by atomic mass is 32.2. The molecule has 0 aliphatic carbocycles. The molecule has 0 radical (unpaired) electrons. The molecule has 2 aromatic carbocycles. The number of carbonyl (C=O) groups is 3. The van der Waals surface area contributed by atoms with Crippen molar-refractivity contribution >= 4 is 50.5 Å². The third kappa shape index (κ3) is 4.44. The summed E-state index contributed by atoms with van der Waals surface area (Å²) in [7, 11) is -4.04. The summed E-state index contributed by atoms with van der Waals surface area (Å²) in [6, 6.07) is 13.3. The van der Waals surface area contributed by atoms with Crippen molar-refractivity contribution in [1.29, 1.82) is 0 Å². The maximum absolute atomic E-state index is 13.5. The summed E-state index contributed by atoms with van der Waals surface area (Å²) >= 11 is 0.921. The van der Waals surface area contributed by atoms with Crippen LogP contribution in [-0.4, -0.2) is 81.2 Å². The highest BCUT2D eigenvalue weighted by molar-refractivity contribution is 7.89. The van der Waals surface area contributed by atoms with Crippen molar-refractivity contribution in [2.75, 3.05) is 26.2 Å². The number of sulfonamides is 1. The van der Waals surface area contributed by atoms with Crippen LogP contribution in [0.2, 0.25) is 0 Å². The minimum Gasteiger partial charge on any atom is -0.323 e. The Morgan fingerprint density at radius 2 is 1.74 bits per heavy atom. The van der Waals surface area contributed by atoms with Gasteiger partial charge in [0.1, 0.15) is 35.1 Å². The van der Waals surface area contributed by atoms with Crippen molar-refractivity contribution in [2.24, 2.45) is 0 Å². The van der Waals surface area contributed by atoms with E-state index in [0.717, 1.165) is 17.3 Å². The van der Waals surface area contributed by atoms with Crippen LogP contribution in [0.3, 0.4) is 0 Å². The van der Waals surface area contributed by atoms with Gasteiger partial charge >= 0.3 is 0 Å². The van der Waals surface area contributed by atoms with Gasteiger partial charge in [-0.1, -0.05) is 36.4 Å². The van der Waals surface area contributed by atoms with Gasteiger partial charge < -0.3 is 4.90 Å². The van der Waals surface area contributed by atoms with Crippen LogP contribution in [0.1, 0.15) is 18.4 Å². The lowest BCUT2D eigenvalue weighted by molar-refractivity contribution is -0.157. The molecule has 2 fully saturated rings. The first kappa shape index (κ1) is 23.5. The Morgan fingerprint density at radius 1 is 1.00 bits per heavy atom. The Labute approximate surface area is 206 Å². The molecule has 0 spiro atoms. The van der Waals surface area contributed by atoms with Gasteiger partial charge in [0.15, 0.2) is 0 Å². The Balaban J connectivity index is 1.30. The normalized spacial score (nSPS) is 19.6. The van der Waals surface area contributed by atoms with E-state index in [0.29, 0.717) is 24.8 Å². The SMILES string of the molecule is O=C([C@@H]1CCCN1S(=O)(=O)c1cccc2nsnc12)N1CC(=O)N(CCc2ccccc2)C(=O)C1. The summed E-state index contributed by atoms with van der Waals surface area (Å²) in [6.07, 6.45) is 1.34. The highest BCUT2D eigenvalue weighted by Crippen LogP contribution is 2.31. The molecule has 1 aromatic heterocycles. The molecule has 0 N–H and O–H groups in total. The molecule has 1 atom stereocenters. The number of fused-ring (bicyclic) bond motifs is 1. The second-order valence-electron chi connectivity index (χ2n) is 8.53. The molecular weight excluding hydrogens is 490 g/mol. The molecule has 2 saturated heterocycles. The van der Waals surface area contributed by atoms with E-state index in [2.05, 4.69) is 8.75 Å². The molecule has 0 bridgehead atoms. The van der Waals surface area contributed by atoms with Gasteiger partial charge in [0.2, 0.25) is 27.7 Å². The molecular formula is C23H23N5O5S2. The van der Waals surface area contributed by atoms with Crippen molar-refractivity contribution in [3.63, 3.8) is 0 Å². The van der Waals surface area contributed by atoms with Crippen LogP contribution in [0.4, 0.5) is 0 Å². The Bertz CT molecular complexity index is 1370. The average molecular weight is 514 g/mol. The predicted molar refractivity (Wildman–Crippen MR) is 128 cm³/mol. The number of piperazine rings is 1. The zero-order valence-electron chi connectivity index (χ0n) is 18.7. The van der Waals surface area contributed by atoms with Gasteiger partial charge in [-0.3, -0.25) is 19.3 Å². The van der Waals surface area contributed by atoms with Crippen LogP contribution in [0.25, 0.3) is 11.0 Å². The van der Waals surface area contributed by atoms with Crippen LogP contribution < -0.4 is 0 Å². The topological polar surface area (TPSA) is 121 Å². The quantitative estimate of drug-likeness (QED) is 0.455. The summed E-state index contributed by atoms with van der Waals surface area (Å²) in [5, 5.41) is 0. The van der Waals surface area contributed by atoms with Crippen molar-refractivity contribution < 1.29 is 22.8 Å². The molecule has 182 valence electrons. The van der Waals surface area contributed by atoms with Gasteiger partial charge in [-0.2, -0.15) is 13.1 Å². The average Bonchev–Trinajstić information content (AvgIpc) is 3.53. The van der Waals surface area contributed by atoms with Gasteiger partial charge in [0, 0.05) is 13.1 Å². The highest BCUT2D eigenvalue weighted by Gasteiger charge is 2.44. The number of benzene rings is 2. The summed E-state index contributed by atoms with van der Waals surface area (Å²) in [5.41, 5.74) is 1.75. The van der Waals surface area contributed by atoms with Gasteiger partial charge in [0.25, 0.3) is 0 Å². The molecule has 3 amide bonds.